The Morgan fingerprint density at radius 1 is 1.18 bits per heavy atom. The molecule has 0 heterocycles. The van der Waals surface area contributed by atoms with E-state index in [9.17, 15) is 13.2 Å². The smallest absolute Gasteiger partial charge is 0.377 e. The first-order chi connectivity index (χ1) is 7.85. The maximum atomic E-state index is 12.0. The second-order valence-electron chi connectivity index (χ2n) is 4.70. The van der Waals surface area contributed by atoms with E-state index in [0.29, 0.717) is 12.5 Å². The summed E-state index contributed by atoms with van der Waals surface area (Å²) in [6.45, 7) is 7.44. The first-order valence-electron chi connectivity index (χ1n) is 6.24. The topological polar surface area (TPSA) is 21.3 Å². The minimum Gasteiger partial charge on any atom is -0.377 e. The zero-order valence-corrected chi connectivity index (χ0v) is 10.9. The summed E-state index contributed by atoms with van der Waals surface area (Å²) in [5.41, 5.74) is 0. The fourth-order valence-corrected chi connectivity index (χ4v) is 1.44. The van der Waals surface area contributed by atoms with Gasteiger partial charge >= 0.3 is 6.18 Å². The Bertz CT molecular complexity index is 183. The van der Waals surface area contributed by atoms with Crippen molar-refractivity contribution in [2.75, 3.05) is 19.7 Å². The molecule has 1 atom stereocenters. The summed E-state index contributed by atoms with van der Waals surface area (Å²) < 4.78 is 41.1. The van der Waals surface area contributed by atoms with Gasteiger partial charge in [0.15, 0.2) is 0 Å². The molecule has 0 aromatic heterocycles. The van der Waals surface area contributed by atoms with Gasteiger partial charge in [-0.2, -0.15) is 13.2 Å². The van der Waals surface area contributed by atoms with E-state index in [0.717, 1.165) is 19.4 Å². The average Bonchev–Trinajstić information content (AvgIpc) is 2.15. The average molecular weight is 255 g/mol. The molecule has 0 aliphatic heterocycles. The van der Waals surface area contributed by atoms with Gasteiger partial charge in [0.25, 0.3) is 0 Å². The van der Waals surface area contributed by atoms with E-state index in [1.807, 2.05) is 6.92 Å². The van der Waals surface area contributed by atoms with Crippen LogP contribution in [0.3, 0.4) is 0 Å². The molecule has 104 valence electrons. The molecule has 17 heavy (non-hydrogen) atoms. The summed E-state index contributed by atoms with van der Waals surface area (Å²) >= 11 is 0. The van der Waals surface area contributed by atoms with Crippen LogP contribution < -0.4 is 5.32 Å². The third kappa shape index (κ3) is 12.0. The van der Waals surface area contributed by atoms with E-state index in [2.05, 4.69) is 19.2 Å². The molecule has 0 amide bonds. The van der Waals surface area contributed by atoms with Crippen LogP contribution >= 0.6 is 0 Å². The highest BCUT2D eigenvalue weighted by atomic mass is 19.4. The van der Waals surface area contributed by atoms with Crippen molar-refractivity contribution >= 4 is 0 Å². The predicted octanol–water partition coefficient (Wildman–Crippen LogP) is 3.37. The molecular formula is C12H24F3NO. The molecule has 0 radical (unpaired) electrons. The lowest BCUT2D eigenvalue weighted by atomic mass is 10.2. The number of hydrogen-bond acceptors (Lipinski definition) is 2. The highest BCUT2D eigenvalue weighted by Gasteiger charge is 2.27. The fraction of sp³-hybridized carbons (Fsp3) is 1.00. The third-order valence-electron chi connectivity index (χ3n) is 2.27. The Balaban J connectivity index is 3.74. The van der Waals surface area contributed by atoms with Gasteiger partial charge < -0.3 is 10.1 Å². The highest BCUT2D eigenvalue weighted by Crippen LogP contribution is 2.19. The molecule has 1 unspecified atom stereocenters. The normalized spacial score (nSPS) is 14.3. The van der Waals surface area contributed by atoms with Crippen molar-refractivity contribution in [2.24, 2.45) is 5.92 Å². The number of halogens is 3. The van der Waals surface area contributed by atoms with Gasteiger partial charge in [-0.3, -0.25) is 0 Å². The van der Waals surface area contributed by atoms with Crippen LogP contribution in [0, 0.1) is 5.92 Å². The Hall–Kier alpha value is -0.290. The number of nitrogens with one attached hydrogen (secondary N) is 1. The highest BCUT2D eigenvalue weighted by molar-refractivity contribution is 4.63. The van der Waals surface area contributed by atoms with E-state index < -0.39 is 12.6 Å². The molecule has 0 aromatic rings. The molecule has 0 aliphatic rings. The molecule has 5 heteroatoms. The molecule has 0 bridgehead atoms. The zero-order chi connectivity index (χ0) is 13.3. The minimum atomic E-state index is -4.12. The van der Waals surface area contributed by atoms with Crippen molar-refractivity contribution in [3.8, 4) is 0 Å². The molecule has 0 saturated carbocycles. The van der Waals surface area contributed by atoms with Crippen LogP contribution in [0.4, 0.5) is 13.2 Å². The molecule has 1 N–H and O–H groups in total. The van der Waals surface area contributed by atoms with Crippen molar-refractivity contribution in [3.05, 3.63) is 0 Å². The summed E-state index contributed by atoms with van der Waals surface area (Å²) in [4.78, 5) is 0. The van der Waals surface area contributed by atoms with Gasteiger partial charge in [-0.25, -0.2) is 0 Å². The lowest BCUT2D eigenvalue weighted by molar-refractivity contribution is -0.149. The largest absolute Gasteiger partial charge is 0.391 e. The van der Waals surface area contributed by atoms with E-state index in [1.165, 1.54) is 0 Å². The van der Waals surface area contributed by atoms with Crippen LogP contribution in [0.15, 0.2) is 0 Å². The van der Waals surface area contributed by atoms with Crippen molar-refractivity contribution in [2.45, 2.75) is 52.3 Å². The lowest BCUT2D eigenvalue weighted by Gasteiger charge is -2.19. The van der Waals surface area contributed by atoms with Gasteiger partial charge in [-0.15, -0.1) is 0 Å². The minimum absolute atomic E-state index is 0.110. The maximum absolute atomic E-state index is 12.0. The van der Waals surface area contributed by atoms with E-state index in [1.54, 1.807) is 0 Å². The summed E-state index contributed by atoms with van der Waals surface area (Å²) in [5.74, 6) is 0.535. The van der Waals surface area contributed by atoms with Gasteiger partial charge in [0, 0.05) is 6.54 Å². The third-order valence-corrected chi connectivity index (χ3v) is 2.27. The summed E-state index contributed by atoms with van der Waals surface area (Å²) in [6.07, 6.45) is -3.39. The number of rotatable bonds is 9. The molecule has 0 spiro atoms. The zero-order valence-electron chi connectivity index (χ0n) is 10.9. The van der Waals surface area contributed by atoms with Crippen molar-refractivity contribution in [3.63, 3.8) is 0 Å². The molecule has 0 fully saturated rings. The predicted molar refractivity (Wildman–Crippen MR) is 63.0 cm³/mol. The number of alkyl halides is 3. The van der Waals surface area contributed by atoms with E-state index in [-0.39, 0.29) is 12.7 Å². The van der Waals surface area contributed by atoms with Gasteiger partial charge in [0.1, 0.15) is 0 Å². The molecule has 0 aromatic carbocycles. The Morgan fingerprint density at radius 2 is 1.82 bits per heavy atom. The van der Waals surface area contributed by atoms with Crippen LogP contribution in [0.2, 0.25) is 0 Å². The lowest BCUT2D eigenvalue weighted by Crippen LogP contribution is -2.32. The van der Waals surface area contributed by atoms with Crippen molar-refractivity contribution < 1.29 is 17.9 Å². The summed E-state index contributed by atoms with van der Waals surface area (Å²) in [7, 11) is 0. The van der Waals surface area contributed by atoms with Crippen molar-refractivity contribution in [1.29, 1.82) is 0 Å². The molecule has 0 saturated heterocycles. The van der Waals surface area contributed by atoms with Crippen LogP contribution in [-0.2, 0) is 4.74 Å². The second kappa shape index (κ2) is 8.75. The Labute approximate surface area is 102 Å². The van der Waals surface area contributed by atoms with Crippen LogP contribution in [0.25, 0.3) is 0 Å². The maximum Gasteiger partial charge on any atom is 0.391 e. The molecule has 0 aliphatic carbocycles. The van der Waals surface area contributed by atoms with E-state index in [4.69, 9.17) is 4.74 Å². The van der Waals surface area contributed by atoms with Crippen LogP contribution in [0.1, 0.15) is 40.0 Å². The second-order valence-corrected chi connectivity index (χ2v) is 4.70. The number of ether oxygens (including phenoxy) is 1. The van der Waals surface area contributed by atoms with Gasteiger partial charge in [-0.1, -0.05) is 27.2 Å². The SMILES string of the molecule is CCCC(CNCC(C)C)OCCC(F)(F)F. The van der Waals surface area contributed by atoms with Crippen molar-refractivity contribution in [1.82, 2.24) is 5.32 Å². The number of hydrogen-bond donors (Lipinski definition) is 1. The van der Waals surface area contributed by atoms with Gasteiger partial charge in [0.05, 0.1) is 19.1 Å². The van der Waals surface area contributed by atoms with Crippen LogP contribution in [0.5, 0.6) is 0 Å². The summed E-state index contributed by atoms with van der Waals surface area (Å²) in [5, 5.41) is 3.21. The molecule has 0 rings (SSSR count). The molecule has 2 nitrogen and oxygen atoms in total. The quantitative estimate of drug-likeness (QED) is 0.682. The van der Waals surface area contributed by atoms with Gasteiger partial charge in [-0.05, 0) is 18.9 Å². The van der Waals surface area contributed by atoms with Gasteiger partial charge in [0.2, 0.25) is 0 Å². The Morgan fingerprint density at radius 3 is 2.29 bits per heavy atom. The van der Waals surface area contributed by atoms with Crippen LogP contribution in [-0.4, -0.2) is 32.0 Å². The summed E-state index contributed by atoms with van der Waals surface area (Å²) in [6, 6.07) is 0. The Kier molecular flexibility index (Phi) is 8.60. The standard InChI is InChI=1S/C12H24F3NO/c1-4-5-11(9-16-8-10(2)3)17-7-6-12(13,14)15/h10-11,16H,4-9H2,1-3H3. The first kappa shape index (κ1) is 16.7. The fourth-order valence-electron chi connectivity index (χ4n) is 1.44. The van der Waals surface area contributed by atoms with E-state index >= 15 is 0 Å². The monoisotopic (exact) mass is 255 g/mol. The first-order valence-corrected chi connectivity index (χ1v) is 6.24. The molecular weight excluding hydrogens is 231 g/mol.